The maximum absolute atomic E-state index is 14.2. The van der Waals surface area contributed by atoms with Crippen LogP contribution in [0.4, 0.5) is 27.6 Å². The number of nitrogens with zero attached hydrogens (tertiary/aromatic N) is 3. The zero-order valence-electron chi connectivity index (χ0n) is 13.9. The molecule has 1 aliphatic heterocycles. The van der Waals surface area contributed by atoms with E-state index in [-0.39, 0.29) is 17.1 Å². The molecule has 2 heterocycles. The molecule has 0 spiro atoms. The molecule has 148 valence electrons. The van der Waals surface area contributed by atoms with Gasteiger partial charge in [0, 0.05) is 5.56 Å². The fourth-order valence-electron chi connectivity index (χ4n) is 2.75. The Bertz CT molecular complexity index is 929. The van der Waals surface area contributed by atoms with Crippen molar-refractivity contribution in [2.75, 3.05) is 4.90 Å². The van der Waals surface area contributed by atoms with Crippen LogP contribution in [0.2, 0.25) is 0 Å². The molecule has 2 N–H and O–H groups in total. The number of hydrogen-bond acceptors (Lipinski definition) is 6. The second-order valence-electron chi connectivity index (χ2n) is 5.93. The van der Waals surface area contributed by atoms with E-state index in [2.05, 4.69) is 9.72 Å². The minimum Gasteiger partial charge on any atom is -0.427 e. The molecule has 1 aromatic carbocycles. The summed E-state index contributed by atoms with van der Waals surface area (Å²) < 4.78 is 71.4. The standard InChI is InChI=1S/C17H12F5N3O3/c18-16(19,20)14(26)11-5-2-6-12-13(11)28-17(21,22)15(27)25(12)8-10-4-1-3-9(7-23)24-10/h1-6,14-15,26-27H,8H2. The summed E-state index contributed by atoms with van der Waals surface area (Å²) in [5.74, 6) is -0.904. The fourth-order valence-corrected chi connectivity index (χ4v) is 2.75. The third-order valence-corrected chi connectivity index (χ3v) is 4.03. The molecule has 0 saturated carbocycles. The topological polar surface area (TPSA) is 89.6 Å². The van der Waals surface area contributed by atoms with Crippen LogP contribution in [-0.2, 0) is 6.54 Å². The number of hydrogen-bond donors (Lipinski definition) is 2. The highest BCUT2D eigenvalue weighted by Crippen LogP contribution is 2.48. The van der Waals surface area contributed by atoms with Gasteiger partial charge in [0.25, 0.3) is 0 Å². The normalized spacial score (nSPS) is 19.4. The first-order valence-electron chi connectivity index (χ1n) is 7.80. The number of aliphatic hydroxyl groups is 2. The predicted octanol–water partition coefficient (Wildman–Crippen LogP) is 2.86. The number of rotatable bonds is 3. The van der Waals surface area contributed by atoms with Crippen LogP contribution in [0, 0.1) is 11.3 Å². The Morgan fingerprint density at radius 2 is 1.93 bits per heavy atom. The van der Waals surface area contributed by atoms with E-state index in [1.165, 1.54) is 18.2 Å². The van der Waals surface area contributed by atoms with E-state index < -0.39 is 42.5 Å². The molecule has 2 atom stereocenters. The third-order valence-electron chi connectivity index (χ3n) is 4.03. The largest absolute Gasteiger partial charge is 0.444 e. The van der Waals surface area contributed by atoms with E-state index in [9.17, 15) is 32.2 Å². The molecule has 0 saturated heterocycles. The zero-order chi connectivity index (χ0) is 20.7. The van der Waals surface area contributed by atoms with Gasteiger partial charge in [-0.1, -0.05) is 18.2 Å². The van der Waals surface area contributed by atoms with Crippen LogP contribution in [-0.4, -0.2) is 33.7 Å². The van der Waals surface area contributed by atoms with E-state index in [0.717, 1.165) is 18.2 Å². The molecule has 2 unspecified atom stereocenters. The van der Waals surface area contributed by atoms with Crippen LogP contribution >= 0.6 is 0 Å². The summed E-state index contributed by atoms with van der Waals surface area (Å²) in [7, 11) is 0. The number of alkyl halides is 5. The number of nitriles is 1. The number of ether oxygens (including phenoxy) is 1. The quantitative estimate of drug-likeness (QED) is 0.769. The summed E-state index contributed by atoms with van der Waals surface area (Å²) in [5, 5.41) is 28.4. The summed E-state index contributed by atoms with van der Waals surface area (Å²) in [4.78, 5) is 4.60. The Morgan fingerprint density at radius 3 is 2.57 bits per heavy atom. The monoisotopic (exact) mass is 401 g/mol. The van der Waals surface area contributed by atoms with Crippen molar-refractivity contribution in [1.82, 2.24) is 4.98 Å². The van der Waals surface area contributed by atoms with Crippen LogP contribution in [0.5, 0.6) is 5.75 Å². The van der Waals surface area contributed by atoms with Crippen molar-refractivity contribution in [1.29, 1.82) is 5.26 Å². The summed E-state index contributed by atoms with van der Waals surface area (Å²) in [6.07, 6.45) is -15.0. The molecule has 1 aliphatic rings. The average Bonchev–Trinajstić information content (AvgIpc) is 2.63. The van der Waals surface area contributed by atoms with Gasteiger partial charge in [-0.15, -0.1) is 0 Å². The Kier molecular flexibility index (Phi) is 4.86. The smallest absolute Gasteiger partial charge is 0.427 e. The lowest BCUT2D eigenvalue weighted by Gasteiger charge is -2.40. The molecule has 0 bridgehead atoms. The Morgan fingerprint density at radius 1 is 1.25 bits per heavy atom. The first-order valence-corrected chi connectivity index (χ1v) is 7.80. The lowest BCUT2D eigenvalue weighted by Crippen LogP contribution is -2.54. The molecular formula is C17H12F5N3O3. The molecule has 0 fully saturated rings. The van der Waals surface area contributed by atoms with Crippen LogP contribution in [0.25, 0.3) is 0 Å². The van der Waals surface area contributed by atoms with Crippen molar-refractivity contribution in [2.24, 2.45) is 0 Å². The van der Waals surface area contributed by atoms with Gasteiger partial charge < -0.3 is 19.8 Å². The zero-order valence-corrected chi connectivity index (χ0v) is 13.9. The number of fused-ring (bicyclic) bond motifs is 1. The van der Waals surface area contributed by atoms with Gasteiger partial charge in [0.1, 0.15) is 11.8 Å². The number of aliphatic hydroxyl groups excluding tert-OH is 2. The molecule has 28 heavy (non-hydrogen) atoms. The fraction of sp³-hybridized carbons (Fsp3) is 0.294. The second kappa shape index (κ2) is 6.88. The number of pyridine rings is 1. The number of benzene rings is 1. The molecule has 0 aliphatic carbocycles. The Labute approximate surface area is 155 Å². The summed E-state index contributed by atoms with van der Waals surface area (Å²) in [5.41, 5.74) is -1.10. The van der Waals surface area contributed by atoms with E-state index in [0.29, 0.717) is 4.90 Å². The lowest BCUT2D eigenvalue weighted by atomic mass is 10.0. The minimum absolute atomic E-state index is 0.00604. The maximum atomic E-state index is 14.2. The highest BCUT2D eigenvalue weighted by molar-refractivity contribution is 5.65. The first-order chi connectivity index (χ1) is 13.0. The van der Waals surface area contributed by atoms with Crippen LogP contribution in [0.3, 0.4) is 0 Å². The van der Waals surface area contributed by atoms with Gasteiger partial charge in [-0.05, 0) is 18.2 Å². The molecule has 6 nitrogen and oxygen atoms in total. The van der Waals surface area contributed by atoms with E-state index in [4.69, 9.17) is 5.26 Å². The van der Waals surface area contributed by atoms with Crippen LogP contribution in [0.15, 0.2) is 36.4 Å². The molecule has 3 rings (SSSR count). The van der Waals surface area contributed by atoms with Crippen LogP contribution < -0.4 is 9.64 Å². The van der Waals surface area contributed by atoms with E-state index in [1.54, 1.807) is 6.07 Å². The summed E-state index contributed by atoms with van der Waals surface area (Å²) in [6, 6.07) is 9.05. The van der Waals surface area contributed by atoms with Crippen molar-refractivity contribution in [2.45, 2.75) is 31.2 Å². The van der Waals surface area contributed by atoms with Gasteiger partial charge in [0.05, 0.1) is 17.9 Å². The highest BCUT2D eigenvalue weighted by atomic mass is 19.4. The van der Waals surface area contributed by atoms with E-state index in [1.807, 2.05) is 0 Å². The maximum Gasteiger partial charge on any atom is 0.444 e. The van der Waals surface area contributed by atoms with Gasteiger partial charge >= 0.3 is 12.3 Å². The average molecular weight is 401 g/mol. The lowest BCUT2D eigenvalue weighted by molar-refractivity contribution is -0.248. The van der Waals surface area contributed by atoms with Crippen molar-refractivity contribution in [3.8, 4) is 11.8 Å². The number of halogens is 5. The molecule has 0 radical (unpaired) electrons. The van der Waals surface area contributed by atoms with Crippen molar-refractivity contribution in [3.63, 3.8) is 0 Å². The van der Waals surface area contributed by atoms with Gasteiger partial charge in [-0.2, -0.15) is 27.2 Å². The van der Waals surface area contributed by atoms with Crippen molar-refractivity contribution in [3.05, 3.63) is 53.3 Å². The second-order valence-corrected chi connectivity index (χ2v) is 5.93. The van der Waals surface area contributed by atoms with Gasteiger partial charge in [0.15, 0.2) is 11.9 Å². The molecule has 0 amide bonds. The van der Waals surface area contributed by atoms with Gasteiger partial charge in [-0.3, -0.25) is 0 Å². The Hall–Kier alpha value is -2.97. The number of anilines is 1. The highest BCUT2D eigenvalue weighted by Gasteiger charge is 2.52. The summed E-state index contributed by atoms with van der Waals surface area (Å²) in [6.45, 7) is -0.450. The SMILES string of the molecule is N#Cc1cccc(CN2c3cccc(C(O)C(F)(F)F)c3OC(F)(F)C2O)n1. The van der Waals surface area contributed by atoms with Crippen molar-refractivity contribution < 1.29 is 36.9 Å². The van der Waals surface area contributed by atoms with Crippen molar-refractivity contribution >= 4 is 5.69 Å². The first kappa shape index (κ1) is 19.8. The Balaban J connectivity index is 2.09. The summed E-state index contributed by atoms with van der Waals surface area (Å²) >= 11 is 0. The molecule has 2 aromatic rings. The van der Waals surface area contributed by atoms with E-state index >= 15 is 0 Å². The van der Waals surface area contributed by atoms with Gasteiger partial charge in [0.2, 0.25) is 6.23 Å². The van der Waals surface area contributed by atoms with Gasteiger partial charge in [-0.25, -0.2) is 4.98 Å². The third kappa shape index (κ3) is 3.56. The predicted molar refractivity (Wildman–Crippen MR) is 84.2 cm³/mol. The molecule has 11 heteroatoms. The molecular weight excluding hydrogens is 389 g/mol. The van der Waals surface area contributed by atoms with Crippen LogP contribution in [0.1, 0.15) is 23.1 Å². The number of para-hydroxylation sites is 1. The molecule has 1 aromatic heterocycles. The number of aromatic nitrogens is 1. The minimum atomic E-state index is -5.11.